The Morgan fingerprint density at radius 2 is 2.47 bits per heavy atom. The number of nitrogens with one attached hydrogen (secondary N) is 1. The third-order valence-corrected chi connectivity index (χ3v) is 3.50. The van der Waals surface area contributed by atoms with Crippen molar-refractivity contribution in [3.8, 4) is 0 Å². The van der Waals surface area contributed by atoms with Gasteiger partial charge in [0.05, 0.1) is 17.0 Å². The molecule has 2 rings (SSSR count). The molecule has 1 aliphatic heterocycles. The molecule has 0 aliphatic carbocycles. The molecule has 1 N–H and O–H groups in total. The van der Waals surface area contributed by atoms with Crippen LogP contribution in [0.1, 0.15) is 11.3 Å². The first-order valence-electron chi connectivity index (χ1n) is 4.99. The molecule has 0 amide bonds. The minimum Gasteiger partial charge on any atom is -0.355 e. The van der Waals surface area contributed by atoms with Gasteiger partial charge < -0.3 is 14.8 Å². The van der Waals surface area contributed by atoms with Crippen molar-refractivity contribution in [2.75, 3.05) is 19.9 Å². The van der Waals surface area contributed by atoms with Gasteiger partial charge in [0.1, 0.15) is 6.79 Å². The Balaban J connectivity index is 1.65. The highest BCUT2D eigenvalue weighted by Crippen LogP contribution is 2.21. The maximum absolute atomic E-state index is 5.84. The fourth-order valence-corrected chi connectivity index (χ4v) is 2.52. The van der Waals surface area contributed by atoms with E-state index in [0.29, 0.717) is 6.79 Å². The van der Waals surface area contributed by atoms with Gasteiger partial charge in [0.15, 0.2) is 0 Å². The third kappa shape index (κ3) is 3.74. The van der Waals surface area contributed by atoms with Crippen LogP contribution in [0.3, 0.4) is 0 Å². The van der Waals surface area contributed by atoms with Crippen LogP contribution in [0.2, 0.25) is 4.34 Å². The minimum atomic E-state index is 0.286. The first-order valence-corrected chi connectivity index (χ1v) is 6.18. The van der Waals surface area contributed by atoms with Crippen LogP contribution in [0.5, 0.6) is 0 Å². The Morgan fingerprint density at radius 1 is 1.53 bits per heavy atom. The van der Waals surface area contributed by atoms with Crippen LogP contribution < -0.4 is 5.32 Å². The van der Waals surface area contributed by atoms with Crippen molar-refractivity contribution in [1.82, 2.24) is 5.32 Å². The topological polar surface area (TPSA) is 30.5 Å². The quantitative estimate of drug-likeness (QED) is 0.885. The second-order valence-corrected chi connectivity index (χ2v) is 5.24. The molecule has 5 heteroatoms. The van der Waals surface area contributed by atoms with Crippen molar-refractivity contribution in [3.63, 3.8) is 0 Å². The Kier molecular flexibility index (Phi) is 4.41. The van der Waals surface area contributed by atoms with Crippen molar-refractivity contribution in [1.29, 1.82) is 0 Å². The summed E-state index contributed by atoms with van der Waals surface area (Å²) in [7, 11) is 0. The van der Waals surface area contributed by atoms with Gasteiger partial charge in [-0.25, -0.2) is 0 Å². The van der Waals surface area contributed by atoms with Gasteiger partial charge in [0.25, 0.3) is 0 Å². The predicted molar refractivity (Wildman–Crippen MR) is 61.3 cm³/mol. The smallest absolute Gasteiger partial charge is 0.147 e. The summed E-state index contributed by atoms with van der Waals surface area (Å²) < 4.78 is 11.4. The van der Waals surface area contributed by atoms with Crippen LogP contribution in [-0.2, 0) is 16.0 Å². The van der Waals surface area contributed by atoms with E-state index in [-0.39, 0.29) is 6.10 Å². The summed E-state index contributed by atoms with van der Waals surface area (Å²) in [6.45, 7) is 2.96. The number of rotatable bonds is 4. The molecule has 1 aliphatic rings. The molecule has 1 unspecified atom stereocenters. The molecule has 1 fully saturated rings. The largest absolute Gasteiger partial charge is 0.355 e. The first kappa shape index (κ1) is 11.4. The van der Waals surface area contributed by atoms with Crippen LogP contribution >= 0.6 is 22.9 Å². The predicted octanol–water partition coefficient (Wildman–Crippen LogP) is 2.25. The van der Waals surface area contributed by atoms with E-state index >= 15 is 0 Å². The molecule has 2 heterocycles. The summed E-state index contributed by atoms with van der Waals surface area (Å²) in [5, 5.41) is 3.36. The summed E-state index contributed by atoms with van der Waals surface area (Å²) in [5.74, 6) is 0. The molecule has 84 valence electrons. The van der Waals surface area contributed by atoms with Gasteiger partial charge in [0.2, 0.25) is 0 Å². The number of hydrogen-bond donors (Lipinski definition) is 1. The molecular weight excluding hydrogens is 234 g/mol. The number of halogens is 1. The van der Waals surface area contributed by atoms with Crippen molar-refractivity contribution in [3.05, 3.63) is 21.3 Å². The SMILES string of the molecule is Clc1ccc(CNCC2CCOCO2)s1. The molecule has 1 aromatic rings. The van der Waals surface area contributed by atoms with Crippen molar-refractivity contribution < 1.29 is 9.47 Å². The zero-order valence-corrected chi connectivity index (χ0v) is 9.94. The summed E-state index contributed by atoms with van der Waals surface area (Å²) in [4.78, 5) is 1.26. The van der Waals surface area contributed by atoms with E-state index in [0.717, 1.165) is 30.5 Å². The van der Waals surface area contributed by atoms with Gasteiger partial charge in [-0.1, -0.05) is 11.6 Å². The summed E-state index contributed by atoms with van der Waals surface area (Å²) in [6.07, 6.45) is 1.26. The molecule has 0 saturated carbocycles. The lowest BCUT2D eigenvalue weighted by Crippen LogP contribution is -2.33. The van der Waals surface area contributed by atoms with Crippen LogP contribution in [0.25, 0.3) is 0 Å². The molecule has 1 atom stereocenters. The van der Waals surface area contributed by atoms with E-state index in [9.17, 15) is 0 Å². The lowest BCUT2D eigenvalue weighted by Gasteiger charge is -2.22. The molecular formula is C10H14ClNO2S. The third-order valence-electron chi connectivity index (χ3n) is 2.27. The van der Waals surface area contributed by atoms with Crippen LogP contribution in [0, 0.1) is 0 Å². The van der Waals surface area contributed by atoms with E-state index in [1.54, 1.807) is 11.3 Å². The normalized spacial score (nSPS) is 21.8. The molecule has 0 radical (unpaired) electrons. The van der Waals surface area contributed by atoms with Crippen LogP contribution in [-0.4, -0.2) is 26.0 Å². The Labute approximate surface area is 98.3 Å². The highest BCUT2D eigenvalue weighted by Gasteiger charge is 2.13. The number of hydrogen-bond acceptors (Lipinski definition) is 4. The zero-order valence-electron chi connectivity index (χ0n) is 8.37. The number of thiophene rings is 1. The van der Waals surface area contributed by atoms with Gasteiger partial charge in [-0.15, -0.1) is 11.3 Å². The zero-order chi connectivity index (χ0) is 10.5. The maximum atomic E-state index is 5.84. The highest BCUT2D eigenvalue weighted by molar-refractivity contribution is 7.16. The Hall–Kier alpha value is -0.130. The molecule has 0 spiro atoms. The Bertz CT molecular complexity index is 299. The van der Waals surface area contributed by atoms with Crippen molar-refractivity contribution in [2.24, 2.45) is 0 Å². The summed E-state index contributed by atoms with van der Waals surface area (Å²) in [5.41, 5.74) is 0. The molecule has 15 heavy (non-hydrogen) atoms. The average Bonchev–Trinajstić information content (AvgIpc) is 2.66. The highest BCUT2D eigenvalue weighted by atomic mass is 35.5. The van der Waals surface area contributed by atoms with Gasteiger partial charge in [0, 0.05) is 18.0 Å². The lowest BCUT2D eigenvalue weighted by atomic mass is 10.2. The van der Waals surface area contributed by atoms with E-state index < -0.39 is 0 Å². The number of ether oxygens (including phenoxy) is 2. The van der Waals surface area contributed by atoms with E-state index in [2.05, 4.69) is 5.32 Å². The van der Waals surface area contributed by atoms with Crippen LogP contribution in [0.4, 0.5) is 0 Å². The molecule has 1 saturated heterocycles. The standard InChI is InChI=1S/C10H14ClNO2S/c11-10-2-1-9(15-10)6-12-5-8-3-4-13-7-14-8/h1-2,8,12H,3-7H2. The van der Waals surface area contributed by atoms with Crippen molar-refractivity contribution in [2.45, 2.75) is 19.1 Å². The summed E-state index contributed by atoms with van der Waals surface area (Å²) in [6, 6.07) is 3.97. The van der Waals surface area contributed by atoms with Gasteiger partial charge in [-0.05, 0) is 18.6 Å². The van der Waals surface area contributed by atoms with Crippen molar-refractivity contribution >= 4 is 22.9 Å². The maximum Gasteiger partial charge on any atom is 0.147 e. The van der Waals surface area contributed by atoms with E-state index in [4.69, 9.17) is 21.1 Å². The second kappa shape index (κ2) is 5.82. The van der Waals surface area contributed by atoms with Gasteiger partial charge in [-0.3, -0.25) is 0 Å². The second-order valence-electron chi connectivity index (χ2n) is 3.44. The minimum absolute atomic E-state index is 0.286. The van der Waals surface area contributed by atoms with Gasteiger partial charge in [-0.2, -0.15) is 0 Å². The van der Waals surface area contributed by atoms with E-state index in [1.165, 1.54) is 4.88 Å². The van der Waals surface area contributed by atoms with E-state index in [1.807, 2.05) is 12.1 Å². The molecule has 1 aromatic heterocycles. The average molecular weight is 248 g/mol. The fraction of sp³-hybridized carbons (Fsp3) is 0.600. The first-order chi connectivity index (χ1) is 7.34. The lowest BCUT2D eigenvalue weighted by molar-refractivity contribution is -0.137. The monoisotopic (exact) mass is 247 g/mol. The Morgan fingerprint density at radius 3 is 3.13 bits per heavy atom. The molecule has 0 aromatic carbocycles. The molecule has 3 nitrogen and oxygen atoms in total. The van der Waals surface area contributed by atoms with Crippen LogP contribution in [0.15, 0.2) is 12.1 Å². The van der Waals surface area contributed by atoms with Gasteiger partial charge >= 0.3 is 0 Å². The molecule has 0 bridgehead atoms. The fourth-order valence-electron chi connectivity index (χ4n) is 1.47. The summed E-state index contributed by atoms with van der Waals surface area (Å²) >= 11 is 7.45.